The molecule has 0 aromatic rings. The Morgan fingerprint density at radius 3 is 3.12 bits per heavy atom. The van der Waals surface area contributed by atoms with Crippen LogP contribution in [0.5, 0.6) is 0 Å². The molecule has 2 saturated heterocycles. The summed E-state index contributed by atoms with van der Waals surface area (Å²) in [5.41, 5.74) is 0.0813. The molecule has 0 aliphatic carbocycles. The highest BCUT2D eigenvalue weighted by atomic mass is 32.2. The van der Waals surface area contributed by atoms with Crippen molar-refractivity contribution < 1.29 is 14.3 Å². The van der Waals surface area contributed by atoms with Crippen molar-refractivity contribution in [1.82, 2.24) is 4.90 Å². The minimum Gasteiger partial charge on any atom is -0.468 e. The van der Waals surface area contributed by atoms with Gasteiger partial charge in [0.2, 0.25) is 0 Å². The van der Waals surface area contributed by atoms with Gasteiger partial charge in [0, 0.05) is 18.4 Å². The van der Waals surface area contributed by atoms with Crippen LogP contribution in [0.3, 0.4) is 0 Å². The molecule has 4 nitrogen and oxygen atoms in total. The summed E-state index contributed by atoms with van der Waals surface area (Å²) < 4.78 is 10.7. The average molecular weight is 259 g/mol. The van der Waals surface area contributed by atoms with E-state index in [1.54, 1.807) is 0 Å². The predicted octanol–water partition coefficient (Wildman–Crippen LogP) is 1.15. The highest BCUT2D eigenvalue weighted by molar-refractivity contribution is 7.99. The fourth-order valence-electron chi connectivity index (χ4n) is 2.64. The summed E-state index contributed by atoms with van der Waals surface area (Å²) in [6.45, 7) is 1.20. The van der Waals surface area contributed by atoms with Gasteiger partial charge in [-0.15, -0.1) is 0 Å². The Labute approximate surface area is 107 Å². The van der Waals surface area contributed by atoms with E-state index in [0.29, 0.717) is 12.6 Å². The van der Waals surface area contributed by atoms with E-state index in [9.17, 15) is 4.79 Å². The predicted molar refractivity (Wildman–Crippen MR) is 68.3 cm³/mol. The second kappa shape index (κ2) is 5.59. The molecule has 2 aliphatic rings. The Morgan fingerprint density at radius 1 is 1.65 bits per heavy atom. The molecule has 1 spiro atoms. The zero-order chi connectivity index (χ0) is 12.3. The van der Waals surface area contributed by atoms with Crippen molar-refractivity contribution in [3.63, 3.8) is 0 Å². The second-order valence-electron chi connectivity index (χ2n) is 4.97. The van der Waals surface area contributed by atoms with Crippen LogP contribution >= 0.6 is 11.8 Å². The number of hydrogen-bond acceptors (Lipinski definition) is 5. The fourth-order valence-corrected chi connectivity index (χ4v) is 4.02. The lowest BCUT2D eigenvalue weighted by Gasteiger charge is -2.41. The number of esters is 1. The molecule has 5 heteroatoms. The summed E-state index contributed by atoms with van der Waals surface area (Å²) >= 11 is 1.98. The van der Waals surface area contributed by atoms with Crippen molar-refractivity contribution in [2.24, 2.45) is 0 Å². The number of methoxy groups -OCH3 is 1. The van der Waals surface area contributed by atoms with E-state index in [4.69, 9.17) is 9.47 Å². The molecule has 2 rings (SSSR count). The number of likely N-dealkylation sites (N-methyl/N-ethyl adjacent to an activating group) is 1. The number of carbonyl (C=O) groups excluding carboxylic acids is 1. The number of hydrogen-bond donors (Lipinski definition) is 0. The molecule has 2 heterocycles. The van der Waals surface area contributed by atoms with Crippen molar-refractivity contribution in [3.8, 4) is 0 Å². The largest absolute Gasteiger partial charge is 0.468 e. The highest BCUT2D eigenvalue weighted by Gasteiger charge is 2.41. The first-order chi connectivity index (χ1) is 8.15. The van der Waals surface area contributed by atoms with Crippen molar-refractivity contribution in [3.05, 3.63) is 0 Å². The van der Waals surface area contributed by atoms with Gasteiger partial charge < -0.3 is 9.47 Å². The first-order valence-electron chi connectivity index (χ1n) is 6.14. The third kappa shape index (κ3) is 3.14. The maximum atomic E-state index is 11.3. The SMILES string of the molecule is COC(=O)CN(C)C1CCOC2(CCSC2)C1. The van der Waals surface area contributed by atoms with Gasteiger partial charge in [0.1, 0.15) is 0 Å². The normalized spacial score (nSPS) is 33.2. The van der Waals surface area contributed by atoms with Gasteiger partial charge in [-0.05, 0) is 32.1 Å². The summed E-state index contributed by atoms with van der Waals surface area (Å²) in [6, 6.07) is 0.446. The molecule has 0 saturated carbocycles. The number of thioether (sulfide) groups is 1. The van der Waals surface area contributed by atoms with Crippen molar-refractivity contribution in [2.75, 3.05) is 38.8 Å². The lowest BCUT2D eigenvalue weighted by Crippen LogP contribution is -2.48. The Hall–Kier alpha value is -0.260. The minimum atomic E-state index is -0.158. The van der Waals surface area contributed by atoms with Gasteiger partial charge in [0.05, 0.1) is 19.3 Å². The van der Waals surface area contributed by atoms with Gasteiger partial charge in [-0.25, -0.2) is 0 Å². The third-order valence-electron chi connectivity index (χ3n) is 3.76. The Morgan fingerprint density at radius 2 is 2.47 bits per heavy atom. The number of rotatable bonds is 3. The molecule has 98 valence electrons. The van der Waals surface area contributed by atoms with Crippen molar-refractivity contribution in [1.29, 1.82) is 0 Å². The first-order valence-corrected chi connectivity index (χ1v) is 7.29. The summed E-state index contributed by atoms with van der Waals surface area (Å²) in [5.74, 6) is 2.15. The van der Waals surface area contributed by atoms with Crippen LogP contribution in [0.1, 0.15) is 19.3 Å². The van der Waals surface area contributed by atoms with E-state index in [2.05, 4.69) is 4.90 Å². The molecule has 0 aromatic carbocycles. The molecule has 2 aliphatic heterocycles. The molecule has 0 amide bonds. The fraction of sp³-hybridized carbons (Fsp3) is 0.917. The lowest BCUT2D eigenvalue weighted by atomic mass is 9.89. The monoisotopic (exact) mass is 259 g/mol. The Balaban J connectivity index is 1.90. The molecule has 0 radical (unpaired) electrons. The van der Waals surface area contributed by atoms with Crippen molar-refractivity contribution >= 4 is 17.7 Å². The molecule has 2 unspecified atom stereocenters. The summed E-state index contributed by atoms with van der Waals surface area (Å²) in [5, 5.41) is 0. The zero-order valence-corrected chi connectivity index (χ0v) is 11.4. The second-order valence-corrected chi connectivity index (χ2v) is 6.08. The van der Waals surface area contributed by atoms with Gasteiger partial charge in [0.15, 0.2) is 0 Å². The molecule has 0 bridgehead atoms. The van der Waals surface area contributed by atoms with Crippen LogP contribution < -0.4 is 0 Å². The van der Waals surface area contributed by atoms with Gasteiger partial charge in [-0.3, -0.25) is 9.69 Å². The van der Waals surface area contributed by atoms with E-state index >= 15 is 0 Å². The standard InChI is InChI=1S/C12H21NO3S/c1-13(8-11(14)15-2)10-3-5-16-12(7-10)4-6-17-9-12/h10H,3-9H2,1-2H3. The molecule has 0 N–H and O–H groups in total. The summed E-state index contributed by atoms with van der Waals surface area (Å²) in [4.78, 5) is 13.4. The topological polar surface area (TPSA) is 38.8 Å². The number of nitrogens with zero attached hydrogens (tertiary/aromatic N) is 1. The molecular weight excluding hydrogens is 238 g/mol. The van der Waals surface area contributed by atoms with Crippen LogP contribution in [0.4, 0.5) is 0 Å². The zero-order valence-electron chi connectivity index (χ0n) is 10.6. The van der Waals surface area contributed by atoms with Crippen molar-refractivity contribution in [2.45, 2.75) is 30.9 Å². The smallest absolute Gasteiger partial charge is 0.319 e. The van der Waals surface area contributed by atoms with E-state index in [1.165, 1.54) is 12.9 Å². The van der Waals surface area contributed by atoms with Crippen LogP contribution in [0.2, 0.25) is 0 Å². The minimum absolute atomic E-state index is 0.0813. The van der Waals surface area contributed by atoms with Crippen LogP contribution in [0.25, 0.3) is 0 Å². The van der Waals surface area contributed by atoms with Crippen LogP contribution in [0, 0.1) is 0 Å². The maximum Gasteiger partial charge on any atom is 0.319 e. The molecular formula is C12H21NO3S. The third-order valence-corrected chi connectivity index (χ3v) is 4.99. The van der Waals surface area contributed by atoms with E-state index < -0.39 is 0 Å². The van der Waals surface area contributed by atoms with E-state index in [-0.39, 0.29) is 11.6 Å². The van der Waals surface area contributed by atoms with Gasteiger partial charge in [0.25, 0.3) is 0 Å². The van der Waals surface area contributed by atoms with E-state index in [1.807, 2.05) is 18.8 Å². The quantitative estimate of drug-likeness (QED) is 0.711. The molecule has 2 fully saturated rings. The Kier molecular flexibility index (Phi) is 4.33. The Bertz CT molecular complexity index is 279. The van der Waals surface area contributed by atoms with Crippen LogP contribution in [0.15, 0.2) is 0 Å². The first kappa shape index (κ1) is 13.2. The van der Waals surface area contributed by atoms with Gasteiger partial charge >= 0.3 is 5.97 Å². The van der Waals surface area contributed by atoms with Crippen LogP contribution in [-0.4, -0.2) is 61.3 Å². The summed E-state index contributed by atoms with van der Waals surface area (Å²) in [7, 11) is 3.44. The molecule has 2 atom stereocenters. The number of carbonyl (C=O) groups is 1. The average Bonchev–Trinajstić information content (AvgIpc) is 2.77. The summed E-state index contributed by atoms with van der Waals surface area (Å²) in [6.07, 6.45) is 3.22. The maximum absolute atomic E-state index is 11.3. The molecule has 0 aromatic heterocycles. The van der Waals surface area contributed by atoms with Gasteiger partial charge in [-0.2, -0.15) is 11.8 Å². The highest BCUT2D eigenvalue weighted by Crippen LogP contribution is 2.39. The van der Waals surface area contributed by atoms with Gasteiger partial charge in [-0.1, -0.05) is 0 Å². The van der Waals surface area contributed by atoms with Crippen LogP contribution in [-0.2, 0) is 14.3 Å². The van der Waals surface area contributed by atoms with E-state index in [0.717, 1.165) is 31.6 Å². The lowest BCUT2D eigenvalue weighted by molar-refractivity contribution is -0.144. The molecule has 17 heavy (non-hydrogen) atoms. The number of ether oxygens (including phenoxy) is 2.